The molecule has 18 heavy (non-hydrogen) atoms. The molecular formula is C14H13N3S. The van der Waals surface area contributed by atoms with Crippen molar-refractivity contribution in [1.29, 1.82) is 0 Å². The van der Waals surface area contributed by atoms with Gasteiger partial charge in [0.25, 0.3) is 0 Å². The second kappa shape index (κ2) is 4.46. The third-order valence-electron chi connectivity index (χ3n) is 2.91. The van der Waals surface area contributed by atoms with Crippen molar-refractivity contribution < 1.29 is 0 Å². The maximum Gasteiger partial charge on any atom is 0.0991 e. The van der Waals surface area contributed by atoms with Crippen molar-refractivity contribution in [2.75, 3.05) is 6.26 Å². The number of thioether (sulfide) groups is 1. The molecule has 0 saturated carbocycles. The van der Waals surface area contributed by atoms with Crippen LogP contribution in [0, 0.1) is 6.92 Å². The molecule has 0 N–H and O–H groups in total. The monoisotopic (exact) mass is 255 g/mol. The van der Waals surface area contributed by atoms with Gasteiger partial charge in [-0.2, -0.15) is 0 Å². The van der Waals surface area contributed by atoms with Gasteiger partial charge in [-0.3, -0.25) is 4.98 Å². The summed E-state index contributed by atoms with van der Waals surface area (Å²) < 4.78 is 2.02. The fraction of sp³-hybridized carbons (Fsp3) is 0.143. The van der Waals surface area contributed by atoms with Gasteiger partial charge in [-0.15, -0.1) is 11.8 Å². The highest BCUT2D eigenvalue weighted by molar-refractivity contribution is 7.98. The Kier molecular flexibility index (Phi) is 2.80. The zero-order chi connectivity index (χ0) is 12.5. The molecule has 0 unspecified atom stereocenters. The smallest absolute Gasteiger partial charge is 0.0991 e. The molecule has 0 spiro atoms. The highest BCUT2D eigenvalue weighted by Gasteiger charge is 2.06. The summed E-state index contributed by atoms with van der Waals surface area (Å²) in [5.41, 5.74) is 3.18. The molecule has 3 nitrogen and oxygen atoms in total. The molecule has 0 aliphatic rings. The molecule has 2 heterocycles. The van der Waals surface area contributed by atoms with Crippen LogP contribution >= 0.6 is 11.8 Å². The summed E-state index contributed by atoms with van der Waals surface area (Å²) in [5.74, 6) is 0. The van der Waals surface area contributed by atoms with Gasteiger partial charge in [0.1, 0.15) is 0 Å². The molecule has 0 saturated heterocycles. The van der Waals surface area contributed by atoms with Crippen molar-refractivity contribution in [3.8, 4) is 5.69 Å². The molecule has 0 radical (unpaired) electrons. The van der Waals surface area contributed by atoms with Gasteiger partial charge in [-0.25, -0.2) is 4.98 Å². The minimum Gasteiger partial charge on any atom is -0.306 e. The van der Waals surface area contributed by atoms with Gasteiger partial charge in [0.2, 0.25) is 0 Å². The van der Waals surface area contributed by atoms with Crippen molar-refractivity contribution >= 4 is 22.7 Å². The van der Waals surface area contributed by atoms with E-state index in [4.69, 9.17) is 0 Å². The first-order valence-corrected chi connectivity index (χ1v) is 6.94. The number of benzene rings is 1. The van der Waals surface area contributed by atoms with Crippen LogP contribution in [0.4, 0.5) is 0 Å². The second-order valence-corrected chi connectivity index (χ2v) is 5.02. The average molecular weight is 255 g/mol. The van der Waals surface area contributed by atoms with E-state index in [1.54, 1.807) is 18.0 Å². The zero-order valence-electron chi connectivity index (χ0n) is 10.3. The normalized spacial score (nSPS) is 11.0. The Bertz CT molecular complexity index is 690. The molecule has 0 fully saturated rings. The minimum absolute atomic E-state index is 1.02. The summed E-state index contributed by atoms with van der Waals surface area (Å²) in [5, 5.41) is 1.15. The van der Waals surface area contributed by atoms with Crippen molar-refractivity contribution in [1.82, 2.24) is 14.5 Å². The lowest BCUT2D eigenvalue weighted by Crippen LogP contribution is -1.95. The number of hydrogen-bond donors (Lipinski definition) is 0. The van der Waals surface area contributed by atoms with E-state index in [9.17, 15) is 0 Å². The summed E-state index contributed by atoms with van der Waals surface area (Å²) in [6, 6.07) is 8.48. The van der Waals surface area contributed by atoms with Crippen LogP contribution in [0.1, 0.15) is 5.69 Å². The summed E-state index contributed by atoms with van der Waals surface area (Å²) >= 11 is 1.73. The lowest BCUT2D eigenvalue weighted by atomic mass is 10.1. The fourth-order valence-electron chi connectivity index (χ4n) is 2.06. The van der Waals surface area contributed by atoms with Crippen LogP contribution in [-0.4, -0.2) is 20.8 Å². The van der Waals surface area contributed by atoms with Crippen LogP contribution < -0.4 is 0 Å². The number of aryl methyl sites for hydroxylation is 1. The average Bonchev–Trinajstić information content (AvgIpc) is 2.90. The van der Waals surface area contributed by atoms with E-state index in [2.05, 4.69) is 40.5 Å². The quantitative estimate of drug-likeness (QED) is 0.657. The van der Waals surface area contributed by atoms with Gasteiger partial charge in [-0.05, 0) is 37.4 Å². The van der Waals surface area contributed by atoms with Gasteiger partial charge < -0.3 is 4.57 Å². The summed E-state index contributed by atoms with van der Waals surface area (Å²) in [6.45, 7) is 2.02. The van der Waals surface area contributed by atoms with Crippen LogP contribution in [0.3, 0.4) is 0 Å². The lowest BCUT2D eigenvalue weighted by molar-refractivity contribution is 1.05. The summed E-state index contributed by atoms with van der Waals surface area (Å²) in [6.07, 6.45) is 7.64. The predicted molar refractivity (Wildman–Crippen MR) is 75.4 cm³/mol. The van der Waals surface area contributed by atoms with Crippen molar-refractivity contribution in [2.45, 2.75) is 11.8 Å². The Morgan fingerprint density at radius 3 is 2.83 bits per heavy atom. The summed E-state index contributed by atoms with van der Waals surface area (Å²) in [7, 11) is 0. The Hall–Kier alpha value is -1.81. The fourth-order valence-corrected chi connectivity index (χ4v) is 2.49. The SMILES string of the molecule is CSc1ccc2c(-n3ccnc3)cc(C)nc2c1. The molecule has 0 bridgehead atoms. The number of nitrogens with zero attached hydrogens (tertiary/aromatic N) is 3. The molecule has 3 aromatic rings. The first-order chi connectivity index (χ1) is 8.78. The van der Waals surface area contributed by atoms with E-state index in [0.717, 1.165) is 22.3 Å². The van der Waals surface area contributed by atoms with Gasteiger partial charge in [-0.1, -0.05) is 0 Å². The van der Waals surface area contributed by atoms with Crippen molar-refractivity contribution in [3.63, 3.8) is 0 Å². The van der Waals surface area contributed by atoms with Crippen molar-refractivity contribution in [2.24, 2.45) is 0 Å². The van der Waals surface area contributed by atoms with Crippen LogP contribution in [0.25, 0.3) is 16.6 Å². The second-order valence-electron chi connectivity index (χ2n) is 4.14. The summed E-state index contributed by atoms with van der Waals surface area (Å²) in [4.78, 5) is 9.95. The molecule has 90 valence electrons. The molecule has 4 heteroatoms. The van der Waals surface area contributed by atoms with Crippen molar-refractivity contribution in [3.05, 3.63) is 48.7 Å². The van der Waals surface area contributed by atoms with E-state index in [1.807, 2.05) is 24.0 Å². The standard InChI is InChI=1S/C14H13N3S/c1-10-7-14(17-6-5-15-9-17)12-4-3-11(18-2)8-13(12)16-10/h3-9H,1-2H3. The minimum atomic E-state index is 1.02. The number of rotatable bonds is 2. The van der Waals surface area contributed by atoms with Gasteiger partial charge in [0.05, 0.1) is 17.5 Å². The Balaban J connectivity index is 2.31. The van der Waals surface area contributed by atoms with E-state index >= 15 is 0 Å². The molecule has 0 amide bonds. The van der Waals surface area contributed by atoms with E-state index in [0.29, 0.717) is 0 Å². The molecule has 0 aliphatic heterocycles. The van der Waals surface area contributed by atoms with E-state index in [1.165, 1.54) is 4.90 Å². The highest BCUT2D eigenvalue weighted by Crippen LogP contribution is 2.26. The lowest BCUT2D eigenvalue weighted by Gasteiger charge is -2.09. The van der Waals surface area contributed by atoms with Crippen LogP contribution in [-0.2, 0) is 0 Å². The van der Waals surface area contributed by atoms with Crippen LogP contribution in [0.2, 0.25) is 0 Å². The first-order valence-electron chi connectivity index (χ1n) is 5.71. The van der Waals surface area contributed by atoms with Crippen LogP contribution in [0.15, 0.2) is 47.9 Å². The third kappa shape index (κ3) is 1.88. The van der Waals surface area contributed by atoms with Crippen LogP contribution in [0.5, 0.6) is 0 Å². The number of aromatic nitrogens is 3. The first kappa shape index (κ1) is 11.3. The number of imidazole rings is 1. The Morgan fingerprint density at radius 1 is 1.22 bits per heavy atom. The predicted octanol–water partition coefficient (Wildman–Crippen LogP) is 3.45. The topological polar surface area (TPSA) is 30.7 Å². The third-order valence-corrected chi connectivity index (χ3v) is 3.63. The zero-order valence-corrected chi connectivity index (χ0v) is 11.1. The maximum atomic E-state index is 4.61. The largest absolute Gasteiger partial charge is 0.306 e. The molecular weight excluding hydrogens is 242 g/mol. The number of fused-ring (bicyclic) bond motifs is 1. The molecule has 2 aromatic heterocycles. The van der Waals surface area contributed by atoms with E-state index < -0.39 is 0 Å². The molecule has 0 atom stereocenters. The van der Waals surface area contributed by atoms with Gasteiger partial charge >= 0.3 is 0 Å². The molecule has 1 aromatic carbocycles. The number of hydrogen-bond acceptors (Lipinski definition) is 3. The Morgan fingerprint density at radius 2 is 2.11 bits per heavy atom. The van der Waals surface area contributed by atoms with Gasteiger partial charge in [0, 0.05) is 28.4 Å². The molecule has 3 rings (SSSR count). The Labute approximate surface area is 110 Å². The maximum absolute atomic E-state index is 4.61. The van der Waals surface area contributed by atoms with Gasteiger partial charge in [0.15, 0.2) is 0 Å². The van der Waals surface area contributed by atoms with E-state index in [-0.39, 0.29) is 0 Å². The number of pyridine rings is 1. The molecule has 0 aliphatic carbocycles. The highest BCUT2D eigenvalue weighted by atomic mass is 32.2.